The minimum atomic E-state index is -4.76. The molecule has 0 N–H and O–H groups in total. The molecule has 0 radical (unpaired) electrons. The molecule has 0 spiro atoms. The third-order valence-corrected chi connectivity index (χ3v) is 9.44. The van der Waals surface area contributed by atoms with Gasteiger partial charge in [0.15, 0.2) is 8.24 Å². The van der Waals surface area contributed by atoms with Crippen LogP contribution in [0.2, 0.25) is 19.1 Å². The summed E-state index contributed by atoms with van der Waals surface area (Å²) < 4.78 is 38.7. The Balaban J connectivity index is 3.55. The quantitative estimate of drug-likeness (QED) is 0.171. The molecule has 0 saturated carbocycles. The second-order valence-electron chi connectivity index (χ2n) is 8.87. The first-order valence-corrected chi connectivity index (χ1v) is 14.6. The Morgan fingerprint density at radius 1 is 0.714 bits per heavy atom. The van der Waals surface area contributed by atoms with Crippen molar-refractivity contribution < 1.29 is 18.0 Å². The number of hydrogen-bond acceptors (Lipinski definition) is 1. The van der Waals surface area contributed by atoms with Crippen molar-refractivity contribution in [3.8, 4) is 0 Å². The fourth-order valence-electron chi connectivity index (χ4n) is 3.56. The predicted octanol–water partition coefficient (Wildman–Crippen LogP) is 8.08. The molecule has 0 saturated heterocycles. The van der Waals surface area contributed by atoms with Gasteiger partial charge >= 0.3 is 12.1 Å². The maximum absolute atomic E-state index is 12.6. The molecule has 1 amide bonds. The number of carbonyl (C=O) groups excluding carboxylic acids is 1. The maximum Gasteiger partial charge on any atom is 0.470 e. The molecular weight excluding hydrogens is 379 g/mol. The zero-order valence-electron chi connectivity index (χ0n) is 18.8. The summed E-state index contributed by atoms with van der Waals surface area (Å²) >= 11 is 0. The van der Waals surface area contributed by atoms with E-state index in [9.17, 15) is 18.0 Å². The topological polar surface area (TPSA) is 20.3 Å². The van der Waals surface area contributed by atoms with Gasteiger partial charge in [-0.3, -0.25) is 4.79 Å². The Morgan fingerprint density at radius 3 is 1.36 bits per heavy atom. The van der Waals surface area contributed by atoms with Crippen LogP contribution >= 0.6 is 0 Å². The van der Waals surface area contributed by atoms with E-state index in [1.807, 2.05) is 13.1 Å². The van der Waals surface area contributed by atoms with Crippen LogP contribution in [0.3, 0.4) is 0 Å². The molecule has 0 aromatic rings. The maximum atomic E-state index is 12.6. The Labute approximate surface area is 172 Å². The highest BCUT2D eigenvalue weighted by Gasteiger charge is 2.45. The highest BCUT2D eigenvalue weighted by molar-refractivity contribution is 6.76. The lowest BCUT2D eigenvalue weighted by atomic mass is 10.0. The van der Waals surface area contributed by atoms with Gasteiger partial charge in [0.1, 0.15) is 0 Å². The summed E-state index contributed by atoms with van der Waals surface area (Å²) in [5.41, 5.74) is 0. The second-order valence-corrected chi connectivity index (χ2v) is 13.7. The fraction of sp³-hybridized carbons (Fsp3) is 0.955. The first kappa shape index (κ1) is 27.5. The Kier molecular flexibility index (Phi) is 15.0. The molecule has 0 aliphatic carbocycles. The third-order valence-electron chi connectivity index (χ3n) is 5.85. The van der Waals surface area contributed by atoms with Gasteiger partial charge in [0.25, 0.3) is 0 Å². The predicted molar refractivity (Wildman–Crippen MR) is 116 cm³/mol. The van der Waals surface area contributed by atoms with Gasteiger partial charge in [0.2, 0.25) is 0 Å². The number of alkyl halides is 3. The van der Waals surface area contributed by atoms with Gasteiger partial charge < -0.3 is 4.57 Å². The third kappa shape index (κ3) is 13.6. The van der Waals surface area contributed by atoms with Crippen LogP contribution in [0.5, 0.6) is 0 Å². The SMILES string of the molecule is CCCCCCCCCCCCCCCCC[Si](C)(C)N(C)C(=O)C(F)(F)F. The van der Waals surface area contributed by atoms with Crippen molar-refractivity contribution in [2.75, 3.05) is 7.05 Å². The van der Waals surface area contributed by atoms with E-state index in [1.165, 1.54) is 84.1 Å². The van der Waals surface area contributed by atoms with E-state index in [-0.39, 0.29) is 0 Å². The molecule has 6 heteroatoms. The Morgan fingerprint density at radius 2 is 1.04 bits per heavy atom. The van der Waals surface area contributed by atoms with Crippen LogP contribution in [0, 0.1) is 0 Å². The van der Waals surface area contributed by atoms with Crippen molar-refractivity contribution in [3.05, 3.63) is 0 Å². The van der Waals surface area contributed by atoms with E-state index >= 15 is 0 Å². The molecule has 0 aromatic carbocycles. The highest BCUT2D eigenvalue weighted by atomic mass is 28.3. The van der Waals surface area contributed by atoms with Gasteiger partial charge in [-0.15, -0.1) is 0 Å². The fourth-order valence-corrected chi connectivity index (χ4v) is 5.69. The van der Waals surface area contributed by atoms with Gasteiger partial charge in [-0.25, -0.2) is 0 Å². The zero-order valence-corrected chi connectivity index (χ0v) is 19.8. The minimum absolute atomic E-state index is 0.740. The van der Waals surface area contributed by atoms with Crippen molar-refractivity contribution in [3.63, 3.8) is 0 Å². The normalized spacial score (nSPS) is 12.4. The summed E-state index contributed by atoms with van der Waals surface area (Å²) in [6.45, 7) is 5.95. The lowest BCUT2D eigenvalue weighted by molar-refractivity contribution is -0.179. The standard InChI is InChI=1S/C22H44F3NOSi/c1-5-6-7-8-9-10-11-12-13-14-15-16-17-18-19-20-28(3,4)26(2)21(27)22(23,24)25/h5-20H2,1-4H3. The van der Waals surface area contributed by atoms with E-state index in [1.54, 1.807) is 0 Å². The molecule has 0 atom stereocenters. The first-order valence-electron chi connectivity index (χ1n) is 11.5. The van der Waals surface area contributed by atoms with Crippen molar-refractivity contribution in [2.24, 2.45) is 0 Å². The van der Waals surface area contributed by atoms with Crippen molar-refractivity contribution in [1.29, 1.82) is 0 Å². The summed E-state index contributed by atoms with van der Waals surface area (Å²) in [5.74, 6) is -1.69. The van der Waals surface area contributed by atoms with E-state index in [4.69, 9.17) is 0 Å². The van der Waals surface area contributed by atoms with Crippen LogP contribution in [0.4, 0.5) is 13.2 Å². The van der Waals surface area contributed by atoms with Crippen molar-refractivity contribution in [1.82, 2.24) is 4.57 Å². The monoisotopic (exact) mass is 423 g/mol. The molecule has 0 bridgehead atoms. The molecule has 0 unspecified atom stereocenters. The summed E-state index contributed by atoms with van der Waals surface area (Å²) in [7, 11) is -1.01. The van der Waals surface area contributed by atoms with Crippen molar-refractivity contribution >= 4 is 14.1 Å². The molecule has 2 nitrogen and oxygen atoms in total. The second kappa shape index (κ2) is 15.3. The summed E-state index contributed by atoms with van der Waals surface area (Å²) in [6, 6.07) is 0.740. The van der Waals surface area contributed by atoms with Crippen LogP contribution in [0.15, 0.2) is 0 Å². The van der Waals surface area contributed by atoms with Gasteiger partial charge in [-0.05, 0) is 6.04 Å². The number of rotatable bonds is 17. The lowest BCUT2D eigenvalue weighted by Crippen LogP contribution is -2.53. The van der Waals surface area contributed by atoms with E-state index < -0.39 is 20.3 Å². The average molecular weight is 424 g/mol. The van der Waals surface area contributed by atoms with E-state index in [0.717, 1.165) is 29.9 Å². The van der Waals surface area contributed by atoms with Crippen LogP contribution < -0.4 is 0 Å². The van der Waals surface area contributed by atoms with Gasteiger partial charge in [0, 0.05) is 7.05 Å². The van der Waals surface area contributed by atoms with Gasteiger partial charge in [-0.2, -0.15) is 13.2 Å². The van der Waals surface area contributed by atoms with Gasteiger partial charge in [-0.1, -0.05) is 116 Å². The number of hydrogen-bond donors (Lipinski definition) is 0. The highest BCUT2D eigenvalue weighted by Crippen LogP contribution is 2.25. The molecule has 0 aliphatic heterocycles. The summed E-state index contributed by atoms with van der Waals surface area (Å²) in [4.78, 5) is 11.4. The molecule has 0 heterocycles. The summed E-state index contributed by atoms with van der Waals surface area (Å²) in [5, 5.41) is 0. The Bertz CT molecular complexity index is 400. The van der Waals surface area contributed by atoms with E-state index in [2.05, 4.69) is 6.92 Å². The van der Waals surface area contributed by atoms with Crippen molar-refractivity contribution in [2.45, 2.75) is 129 Å². The summed E-state index contributed by atoms with van der Waals surface area (Å²) in [6.07, 6.45) is 14.5. The minimum Gasteiger partial charge on any atom is -0.365 e. The number of carbonyl (C=O) groups is 1. The number of amides is 1. The Hall–Kier alpha value is -0.523. The van der Waals surface area contributed by atoms with Crippen LogP contribution in [0.25, 0.3) is 0 Å². The number of unbranched alkanes of at least 4 members (excludes halogenated alkanes) is 14. The van der Waals surface area contributed by atoms with Crippen LogP contribution in [-0.4, -0.2) is 31.9 Å². The average Bonchev–Trinajstić information content (AvgIpc) is 2.62. The lowest BCUT2D eigenvalue weighted by Gasteiger charge is -2.34. The molecule has 0 rings (SSSR count). The smallest absolute Gasteiger partial charge is 0.365 e. The molecule has 28 heavy (non-hydrogen) atoms. The first-order chi connectivity index (χ1) is 13.1. The zero-order chi connectivity index (χ0) is 21.5. The van der Waals surface area contributed by atoms with Gasteiger partial charge in [0.05, 0.1) is 0 Å². The molecule has 0 fully saturated rings. The largest absolute Gasteiger partial charge is 0.470 e. The molecule has 0 aromatic heterocycles. The number of halogens is 3. The molecule has 0 aliphatic rings. The van der Waals surface area contributed by atoms with E-state index in [0.29, 0.717) is 0 Å². The molecule has 168 valence electrons. The molecular formula is C22H44F3NOSi. The van der Waals surface area contributed by atoms with Crippen LogP contribution in [0.1, 0.15) is 103 Å². The van der Waals surface area contributed by atoms with Crippen LogP contribution in [-0.2, 0) is 4.79 Å². The number of nitrogens with zero attached hydrogens (tertiary/aromatic N) is 1.